The Morgan fingerprint density at radius 3 is 2.79 bits per heavy atom. The second-order valence-corrected chi connectivity index (χ2v) is 3.83. The Labute approximate surface area is 88.4 Å². The van der Waals surface area contributed by atoms with Gasteiger partial charge in [-0.25, -0.2) is 4.98 Å². The van der Waals surface area contributed by atoms with E-state index in [9.17, 15) is 0 Å². The van der Waals surface area contributed by atoms with Crippen LogP contribution < -0.4 is 0 Å². The van der Waals surface area contributed by atoms with Gasteiger partial charge in [-0.3, -0.25) is 4.90 Å². The molecule has 78 valence electrons. The van der Waals surface area contributed by atoms with Gasteiger partial charge in [0.2, 0.25) is 0 Å². The average Bonchev–Trinajstić information content (AvgIpc) is 2.52. The van der Waals surface area contributed by atoms with Gasteiger partial charge in [0.15, 0.2) is 0 Å². The molecule has 0 saturated carbocycles. The van der Waals surface area contributed by atoms with E-state index in [4.69, 9.17) is 16.3 Å². The van der Waals surface area contributed by atoms with Crippen LogP contribution in [-0.2, 0) is 18.3 Å². The van der Waals surface area contributed by atoms with Gasteiger partial charge in [-0.1, -0.05) is 11.6 Å². The Bertz CT molecular complexity index is 307. The zero-order valence-electron chi connectivity index (χ0n) is 8.24. The number of rotatable bonds is 2. The molecule has 1 fully saturated rings. The SMILES string of the molecule is Cn1c(Cl)cnc1CN1CCOCC1. The maximum absolute atomic E-state index is 5.90. The molecule has 5 heteroatoms. The molecule has 14 heavy (non-hydrogen) atoms. The molecule has 1 aliphatic heterocycles. The van der Waals surface area contributed by atoms with Crippen molar-refractivity contribution in [1.82, 2.24) is 14.5 Å². The van der Waals surface area contributed by atoms with Crippen molar-refractivity contribution >= 4 is 11.6 Å². The third-order valence-electron chi connectivity index (χ3n) is 2.50. The van der Waals surface area contributed by atoms with E-state index in [-0.39, 0.29) is 0 Å². The summed E-state index contributed by atoms with van der Waals surface area (Å²) in [6.45, 7) is 4.44. The predicted octanol–water partition coefficient (Wildman–Crippen LogP) is 0.906. The smallest absolute Gasteiger partial charge is 0.128 e. The van der Waals surface area contributed by atoms with E-state index in [1.165, 1.54) is 0 Å². The standard InChI is InChI=1S/C9H14ClN3O/c1-12-8(10)6-11-9(12)7-13-2-4-14-5-3-13/h6H,2-5,7H2,1H3. The van der Waals surface area contributed by atoms with Crippen molar-refractivity contribution < 1.29 is 4.74 Å². The predicted molar refractivity (Wildman–Crippen MR) is 54.3 cm³/mol. The molecule has 0 amide bonds. The topological polar surface area (TPSA) is 30.3 Å². The molecule has 4 nitrogen and oxygen atoms in total. The van der Waals surface area contributed by atoms with Gasteiger partial charge in [-0.2, -0.15) is 0 Å². The normalized spacial score (nSPS) is 18.7. The van der Waals surface area contributed by atoms with Crippen LogP contribution in [0.25, 0.3) is 0 Å². The lowest BCUT2D eigenvalue weighted by Gasteiger charge is -2.26. The molecule has 2 rings (SSSR count). The van der Waals surface area contributed by atoms with Gasteiger partial charge in [-0.05, 0) is 0 Å². The third kappa shape index (κ3) is 2.08. The van der Waals surface area contributed by atoms with Crippen LogP contribution in [0.4, 0.5) is 0 Å². The van der Waals surface area contributed by atoms with Crippen LogP contribution in [0.3, 0.4) is 0 Å². The molecule has 0 radical (unpaired) electrons. The Morgan fingerprint density at radius 2 is 2.21 bits per heavy atom. The van der Waals surface area contributed by atoms with Gasteiger partial charge < -0.3 is 9.30 Å². The molecule has 2 heterocycles. The van der Waals surface area contributed by atoms with E-state index in [1.54, 1.807) is 6.20 Å². The van der Waals surface area contributed by atoms with E-state index < -0.39 is 0 Å². The summed E-state index contributed by atoms with van der Waals surface area (Å²) in [5, 5.41) is 0.688. The van der Waals surface area contributed by atoms with Gasteiger partial charge in [0.05, 0.1) is 26.0 Å². The van der Waals surface area contributed by atoms with Crippen LogP contribution in [0, 0.1) is 0 Å². The second kappa shape index (κ2) is 4.29. The van der Waals surface area contributed by atoms with Crippen LogP contribution in [0.5, 0.6) is 0 Å². The average molecular weight is 216 g/mol. The van der Waals surface area contributed by atoms with Crippen molar-refractivity contribution in [3.63, 3.8) is 0 Å². The van der Waals surface area contributed by atoms with Gasteiger partial charge in [-0.15, -0.1) is 0 Å². The van der Waals surface area contributed by atoms with Crippen molar-refractivity contribution in [1.29, 1.82) is 0 Å². The fraction of sp³-hybridized carbons (Fsp3) is 0.667. The summed E-state index contributed by atoms with van der Waals surface area (Å²) >= 11 is 5.90. The van der Waals surface area contributed by atoms with Gasteiger partial charge in [0.1, 0.15) is 11.0 Å². The summed E-state index contributed by atoms with van der Waals surface area (Å²) in [5.41, 5.74) is 0. The molecule has 1 aromatic rings. The van der Waals surface area contributed by atoms with Gasteiger partial charge in [0.25, 0.3) is 0 Å². The van der Waals surface area contributed by atoms with Crippen molar-refractivity contribution in [3.8, 4) is 0 Å². The fourth-order valence-corrected chi connectivity index (χ4v) is 1.68. The number of aromatic nitrogens is 2. The highest BCUT2D eigenvalue weighted by molar-refractivity contribution is 6.29. The first-order valence-electron chi connectivity index (χ1n) is 4.73. The molecular weight excluding hydrogens is 202 g/mol. The van der Waals surface area contributed by atoms with Gasteiger partial charge >= 0.3 is 0 Å². The van der Waals surface area contributed by atoms with E-state index in [1.807, 2.05) is 11.6 Å². The minimum Gasteiger partial charge on any atom is -0.379 e. The summed E-state index contributed by atoms with van der Waals surface area (Å²) in [6.07, 6.45) is 1.69. The molecule has 1 aliphatic rings. The number of hydrogen-bond donors (Lipinski definition) is 0. The molecule has 0 aliphatic carbocycles. The molecular formula is C9H14ClN3O. The summed E-state index contributed by atoms with van der Waals surface area (Å²) in [5.74, 6) is 1.01. The lowest BCUT2D eigenvalue weighted by Crippen LogP contribution is -2.36. The van der Waals surface area contributed by atoms with Crippen molar-refractivity contribution in [2.75, 3.05) is 26.3 Å². The number of halogens is 1. The van der Waals surface area contributed by atoms with Crippen LogP contribution in [0.1, 0.15) is 5.82 Å². The van der Waals surface area contributed by atoms with Crippen molar-refractivity contribution in [2.45, 2.75) is 6.54 Å². The van der Waals surface area contributed by atoms with Crippen LogP contribution >= 0.6 is 11.6 Å². The maximum Gasteiger partial charge on any atom is 0.128 e. The van der Waals surface area contributed by atoms with Crippen LogP contribution in [-0.4, -0.2) is 40.8 Å². The van der Waals surface area contributed by atoms with E-state index >= 15 is 0 Å². The Morgan fingerprint density at radius 1 is 1.50 bits per heavy atom. The molecule has 0 unspecified atom stereocenters. The summed E-state index contributed by atoms with van der Waals surface area (Å²) in [4.78, 5) is 6.58. The van der Waals surface area contributed by atoms with Gasteiger partial charge in [0, 0.05) is 20.1 Å². The number of morpholine rings is 1. The molecule has 0 bridgehead atoms. The quantitative estimate of drug-likeness (QED) is 0.735. The van der Waals surface area contributed by atoms with Crippen molar-refractivity contribution in [2.24, 2.45) is 7.05 Å². The number of hydrogen-bond acceptors (Lipinski definition) is 3. The summed E-state index contributed by atoms with van der Waals surface area (Å²) in [6, 6.07) is 0. The highest BCUT2D eigenvalue weighted by Crippen LogP contribution is 2.11. The zero-order chi connectivity index (χ0) is 9.97. The first-order valence-corrected chi connectivity index (χ1v) is 5.11. The maximum atomic E-state index is 5.90. The molecule has 0 N–H and O–H groups in total. The van der Waals surface area contributed by atoms with E-state index in [2.05, 4.69) is 9.88 Å². The Kier molecular flexibility index (Phi) is 3.05. The highest BCUT2D eigenvalue weighted by Gasteiger charge is 2.13. The fourth-order valence-electron chi connectivity index (χ4n) is 1.53. The minimum absolute atomic E-state index is 0.688. The first kappa shape index (κ1) is 9.96. The third-order valence-corrected chi connectivity index (χ3v) is 2.85. The monoisotopic (exact) mass is 215 g/mol. The molecule has 0 aromatic carbocycles. The van der Waals surface area contributed by atoms with E-state index in [0.717, 1.165) is 38.7 Å². The summed E-state index contributed by atoms with van der Waals surface area (Å²) in [7, 11) is 1.94. The Hall–Kier alpha value is -0.580. The number of ether oxygens (including phenoxy) is 1. The Balaban J connectivity index is 1.99. The first-order chi connectivity index (χ1) is 6.77. The zero-order valence-corrected chi connectivity index (χ0v) is 9.00. The van der Waals surface area contributed by atoms with E-state index in [0.29, 0.717) is 5.15 Å². The number of imidazole rings is 1. The van der Waals surface area contributed by atoms with Crippen LogP contribution in [0.2, 0.25) is 5.15 Å². The van der Waals surface area contributed by atoms with Crippen LogP contribution in [0.15, 0.2) is 6.20 Å². The highest BCUT2D eigenvalue weighted by atomic mass is 35.5. The molecule has 0 spiro atoms. The molecule has 1 aromatic heterocycles. The molecule has 1 saturated heterocycles. The summed E-state index contributed by atoms with van der Waals surface area (Å²) < 4.78 is 7.19. The molecule has 0 atom stereocenters. The lowest BCUT2D eigenvalue weighted by atomic mass is 10.4. The minimum atomic E-state index is 0.688. The number of nitrogens with zero attached hydrogens (tertiary/aromatic N) is 3. The lowest BCUT2D eigenvalue weighted by molar-refractivity contribution is 0.0327. The largest absolute Gasteiger partial charge is 0.379 e. The van der Waals surface area contributed by atoms with Crippen molar-refractivity contribution in [3.05, 3.63) is 17.2 Å². The second-order valence-electron chi connectivity index (χ2n) is 3.44.